The minimum Gasteiger partial charge on any atom is -0.338 e. The molecule has 112 valence electrons. The number of nitrogens with one attached hydrogen (secondary N) is 1. The largest absolute Gasteiger partial charge is 0.338 e. The number of hydrogen-bond donors (Lipinski definition) is 1. The minimum atomic E-state index is 0. The quantitative estimate of drug-likeness (QED) is 0.875. The fourth-order valence-electron chi connectivity index (χ4n) is 2.84. The molecule has 20 heavy (non-hydrogen) atoms. The Hall–Kier alpha value is -1.06. The number of aryl methyl sites for hydroxylation is 1. The number of carbonyl (C=O) groups excluding carboxylic acids is 1. The van der Waals surface area contributed by atoms with E-state index < -0.39 is 0 Å². The summed E-state index contributed by atoms with van der Waals surface area (Å²) in [5.74, 6) is 0.327. The molecule has 1 saturated heterocycles. The minimum absolute atomic E-state index is 0. The number of amides is 1. The zero-order chi connectivity index (χ0) is 13.5. The summed E-state index contributed by atoms with van der Waals surface area (Å²) in [6.45, 7) is 1.86. The normalized spacial score (nSPS) is 17.9. The van der Waals surface area contributed by atoms with Crippen molar-refractivity contribution in [1.29, 1.82) is 0 Å². The molecule has 1 heterocycles. The third kappa shape index (κ3) is 4.80. The van der Waals surface area contributed by atoms with Gasteiger partial charge in [-0.3, -0.25) is 4.79 Å². The number of likely N-dealkylation sites (N-methyl/N-ethyl adjacent to an activating group) is 1. The summed E-state index contributed by atoms with van der Waals surface area (Å²) in [5.41, 5.74) is 1.32. The Morgan fingerprint density at radius 2 is 2.10 bits per heavy atom. The molecule has 1 aromatic carbocycles. The summed E-state index contributed by atoms with van der Waals surface area (Å²) in [7, 11) is 1.95. The molecule has 0 spiro atoms. The summed E-state index contributed by atoms with van der Waals surface area (Å²) in [6, 6.07) is 10.8. The maximum atomic E-state index is 12.2. The smallest absolute Gasteiger partial charge is 0.222 e. The fourth-order valence-corrected chi connectivity index (χ4v) is 2.84. The monoisotopic (exact) mass is 296 g/mol. The Labute approximate surface area is 128 Å². The van der Waals surface area contributed by atoms with Gasteiger partial charge < -0.3 is 10.2 Å². The second-order valence-electron chi connectivity index (χ2n) is 5.28. The maximum absolute atomic E-state index is 12.2. The molecule has 1 aliphatic rings. The van der Waals surface area contributed by atoms with Gasteiger partial charge in [-0.05, 0) is 38.3 Å². The number of benzene rings is 1. The van der Waals surface area contributed by atoms with Gasteiger partial charge in [-0.15, -0.1) is 12.4 Å². The van der Waals surface area contributed by atoms with Crippen LogP contribution in [0.15, 0.2) is 30.3 Å². The summed E-state index contributed by atoms with van der Waals surface area (Å²) < 4.78 is 0. The van der Waals surface area contributed by atoms with Gasteiger partial charge in [0.05, 0.1) is 0 Å². The van der Waals surface area contributed by atoms with Crippen LogP contribution in [0.3, 0.4) is 0 Å². The van der Waals surface area contributed by atoms with Gasteiger partial charge in [-0.1, -0.05) is 30.3 Å². The Balaban J connectivity index is 0.00000200. The SMILES string of the molecule is CNCC1CCCN1C(=O)CCCc1ccccc1.Cl. The Kier molecular flexibility index (Phi) is 7.63. The van der Waals surface area contributed by atoms with Gasteiger partial charge in [0.2, 0.25) is 5.91 Å². The second kappa shape index (κ2) is 8.98. The predicted molar refractivity (Wildman–Crippen MR) is 85.3 cm³/mol. The molecule has 1 N–H and O–H groups in total. The summed E-state index contributed by atoms with van der Waals surface area (Å²) in [4.78, 5) is 14.3. The van der Waals surface area contributed by atoms with Crippen molar-refractivity contribution in [2.24, 2.45) is 0 Å². The van der Waals surface area contributed by atoms with Crippen molar-refractivity contribution in [2.75, 3.05) is 20.1 Å². The van der Waals surface area contributed by atoms with E-state index >= 15 is 0 Å². The van der Waals surface area contributed by atoms with Gasteiger partial charge >= 0.3 is 0 Å². The molecule has 3 nitrogen and oxygen atoms in total. The first-order chi connectivity index (χ1) is 9.31. The lowest BCUT2D eigenvalue weighted by Gasteiger charge is -2.24. The van der Waals surface area contributed by atoms with Crippen LogP contribution < -0.4 is 5.32 Å². The lowest BCUT2D eigenvalue weighted by atomic mass is 10.1. The molecule has 0 radical (unpaired) electrons. The Morgan fingerprint density at radius 3 is 2.80 bits per heavy atom. The van der Waals surface area contributed by atoms with Crippen LogP contribution in [0.25, 0.3) is 0 Å². The summed E-state index contributed by atoms with van der Waals surface area (Å²) >= 11 is 0. The van der Waals surface area contributed by atoms with E-state index in [4.69, 9.17) is 0 Å². The third-order valence-corrected chi connectivity index (χ3v) is 3.84. The van der Waals surface area contributed by atoms with Gasteiger partial charge in [-0.25, -0.2) is 0 Å². The van der Waals surface area contributed by atoms with E-state index in [1.807, 2.05) is 13.1 Å². The summed E-state index contributed by atoms with van der Waals surface area (Å²) in [6.07, 6.45) is 4.92. The van der Waals surface area contributed by atoms with Crippen LogP contribution in [-0.4, -0.2) is 37.0 Å². The molecule has 0 saturated carbocycles. The standard InChI is InChI=1S/C16H24N2O.ClH/c1-17-13-15-10-6-12-18(15)16(19)11-5-9-14-7-3-2-4-8-14;/h2-4,7-8,15,17H,5-6,9-13H2,1H3;1H. The van der Waals surface area contributed by atoms with Crippen LogP contribution >= 0.6 is 12.4 Å². The molecule has 1 atom stereocenters. The van der Waals surface area contributed by atoms with Crippen molar-refractivity contribution in [1.82, 2.24) is 10.2 Å². The molecule has 1 unspecified atom stereocenters. The van der Waals surface area contributed by atoms with Crippen molar-refractivity contribution in [3.05, 3.63) is 35.9 Å². The molecule has 0 aliphatic carbocycles. The van der Waals surface area contributed by atoms with E-state index in [-0.39, 0.29) is 12.4 Å². The van der Waals surface area contributed by atoms with Gasteiger partial charge in [0.15, 0.2) is 0 Å². The highest BCUT2D eigenvalue weighted by Gasteiger charge is 2.27. The molecular weight excluding hydrogens is 272 g/mol. The van der Waals surface area contributed by atoms with Crippen LogP contribution in [0.5, 0.6) is 0 Å². The Bertz CT molecular complexity index is 397. The first-order valence-corrected chi connectivity index (χ1v) is 7.29. The molecule has 1 amide bonds. The van der Waals surface area contributed by atoms with Crippen LogP contribution in [0.1, 0.15) is 31.2 Å². The molecule has 2 rings (SSSR count). The number of hydrogen-bond acceptors (Lipinski definition) is 2. The molecule has 0 bridgehead atoms. The number of halogens is 1. The third-order valence-electron chi connectivity index (χ3n) is 3.84. The molecule has 1 fully saturated rings. The maximum Gasteiger partial charge on any atom is 0.222 e. The van der Waals surface area contributed by atoms with E-state index in [1.54, 1.807) is 0 Å². The highest BCUT2D eigenvalue weighted by Crippen LogP contribution is 2.18. The highest BCUT2D eigenvalue weighted by molar-refractivity contribution is 5.85. The zero-order valence-corrected chi connectivity index (χ0v) is 13.0. The number of rotatable bonds is 6. The van der Waals surface area contributed by atoms with E-state index in [0.717, 1.165) is 38.8 Å². The van der Waals surface area contributed by atoms with E-state index in [2.05, 4.69) is 34.5 Å². The lowest BCUT2D eigenvalue weighted by Crippen LogP contribution is -2.40. The highest BCUT2D eigenvalue weighted by atomic mass is 35.5. The van der Waals surface area contributed by atoms with Crippen molar-refractivity contribution in [2.45, 2.75) is 38.1 Å². The van der Waals surface area contributed by atoms with Gasteiger partial charge in [0.25, 0.3) is 0 Å². The first kappa shape index (κ1) is 17.0. The number of nitrogens with zero attached hydrogens (tertiary/aromatic N) is 1. The number of likely N-dealkylation sites (tertiary alicyclic amines) is 1. The first-order valence-electron chi connectivity index (χ1n) is 7.29. The Morgan fingerprint density at radius 1 is 1.35 bits per heavy atom. The number of carbonyl (C=O) groups is 1. The molecule has 1 aliphatic heterocycles. The van der Waals surface area contributed by atoms with E-state index in [9.17, 15) is 4.79 Å². The molecule has 1 aromatic rings. The van der Waals surface area contributed by atoms with E-state index in [1.165, 1.54) is 5.56 Å². The van der Waals surface area contributed by atoms with Crippen molar-refractivity contribution >= 4 is 18.3 Å². The fraction of sp³-hybridized carbons (Fsp3) is 0.562. The van der Waals surface area contributed by atoms with Crippen LogP contribution in [-0.2, 0) is 11.2 Å². The zero-order valence-electron chi connectivity index (χ0n) is 12.2. The average molecular weight is 297 g/mol. The van der Waals surface area contributed by atoms with Crippen molar-refractivity contribution in [3.8, 4) is 0 Å². The predicted octanol–water partition coefficient (Wildman–Crippen LogP) is 2.64. The van der Waals surface area contributed by atoms with Gasteiger partial charge in [0.1, 0.15) is 0 Å². The van der Waals surface area contributed by atoms with Crippen molar-refractivity contribution < 1.29 is 4.79 Å². The van der Waals surface area contributed by atoms with Crippen molar-refractivity contribution in [3.63, 3.8) is 0 Å². The molecule has 4 heteroatoms. The topological polar surface area (TPSA) is 32.3 Å². The second-order valence-corrected chi connectivity index (χ2v) is 5.28. The van der Waals surface area contributed by atoms with E-state index in [0.29, 0.717) is 18.4 Å². The van der Waals surface area contributed by atoms with Gasteiger partial charge in [-0.2, -0.15) is 0 Å². The summed E-state index contributed by atoms with van der Waals surface area (Å²) in [5, 5.41) is 3.18. The molecule has 0 aromatic heterocycles. The van der Waals surface area contributed by atoms with Crippen LogP contribution in [0.2, 0.25) is 0 Å². The van der Waals surface area contributed by atoms with Crippen LogP contribution in [0, 0.1) is 0 Å². The molecular formula is C16H25ClN2O. The van der Waals surface area contributed by atoms with Crippen LogP contribution in [0.4, 0.5) is 0 Å². The average Bonchev–Trinajstić information content (AvgIpc) is 2.89. The van der Waals surface area contributed by atoms with Gasteiger partial charge in [0, 0.05) is 25.6 Å². The lowest BCUT2D eigenvalue weighted by molar-refractivity contribution is -0.132.